The van der Waals surface area contributed by atoms with E-state index in [0.717, 1.165) is 47.1 Å². The molecule has 4 rings (SSSR count). The molecule has 33 heavy (non-hydrogen) atoms. The van der Waals surface area contributed by atoms with Crippen LogP contribution in [-0.2, 0) is 26.7 Å². The summed E-state index contributed by atoms with van der Waals surface area (Å²) in [5, 5.41) is 7.10. The molecule has 0 saturated heterocycles. The van der Waals surface area contributed by atoms with Crippen LogP contribution in [0.4, 0.5) is 10.6 Å². The number of anilines is 1. The summed E-state index contributed by atoms with van der Waals surface area (Å²) in [6.07, 6.45) is 3.49. The molecule has 1 aromatic heterocycles. The van der Waals surface area contributed by atoms with E-state index in [2.05, 4.69) is 10.4 Å². The highest BCUT2D eigenvalue weighted by Crippen LogP contribution is 2.49. The number of ether oxygens (including phenoxy) is 2. The Morgan fingerprint density at radius 2 is 1.64 bits per heavy atom. The molecule has 0 aliphatic heterocycles. The Morgan fingerprint density at radius 3 is 2.18 bits per heavy atom. The van der Waals surface area contributed by atoms with E-state index in [9.17, 15) is 9.59 Å². The molecule has 1 heterocycles. The van der Waals surface area contributed by atoms with Crippen LogP contribution in [0.15, 0.2) is 54.7 Å². The Morgan fingerprint density at radius 1 is 1.06 bits per heavy atom. The average Bonchev–Trinajstić information content (AvgIpc) is 3.58. The molecule has 1 N–H and O–H groups in total. The van der Waals surface area contributed by atoms with Crippen LogP contribution in [0.25, 0.3) is 22.3 Å². The van der Waals surface area contributed by atoms with Crippen molar-refractivity contribution in [3.05, 3.63) is 60.3 Å². The summed E-state index contributed by atoms with van der Waals surface area (Å²) in [4.78, 5) is 24.3. The van der Waals surface area contributed by atoms with E-state index in [-0.39, 0.29) is 12.1 Å². The first-order valence-corrected chi connectivity index (χ1v) is 11.2. The lowest BCUT2D eigenvalue weighted by atomic mass is 9.93. The lowest BCUT2D eigenvalue weighted by molar-refractivity contribution is -0.143. The zero-order valence-electron chi connectivity index (χ0n) is 19.4. The number of aromatic nitrogens is 2. The molecule has 2 aromatic carbocycles. The zero-order chi connectivity index (χ0) is 23.6. The standard InChI is InChI=1S/C26H29N3O4/c1-5-17(2)33-25(31)28-23-22(16-27-29(23)3)20-8-6-18(7-9-20)19-10-12-21(13-11-19)26(14-15-26)24(30)32-4/h6-13,16-17H,5,14-15H2,1-4H3,(H,28,31). The van der Waals surface area contributed by atoms with Crippen LogP contribution in [0.3, 0.4) is 0 Å². The average molecular weight is 448 g/mol. The third kappa shape index (κ3) is 4.49. The highest BCUT2D eigenvalue weighted by Gasteiger charge is 2.52. The fourth-order valence-electron chi connectivity index (χ4n) is 3.94. The largest absolute Gasteiger partial charge is 0.468 e. The molecular formula is C26H29N3O4. The normalized spacial score (nSPS) is 14.9. The predicted octanol–water partition coefficient (Wildman–Crippen LogP) is 5.31. The van der Waals surface area contributed by atoms with Crippen molar-refractivity contribution in [3.63, 3.8) is 0 Å². The molecule has 7 nitrogen and oxygen atoms in total. The van der Waals surface area contributed by atoms with Crippen molar-refractivity contribution in [2.75, 3.05) is 12.4 Å². The SMILES string of the molecule is CCC(C)OC(=O)Nc1c(-c2ccc(-c3ccc(C4(C(=O)OC)CC4)cc3)cc2)cnn1C. The summed E-state index contributed by atoms with van der Waals surface area (Å²) in [5.41, 5.74) is 4.41. The summed E-state index contributed by atoms with van der Waals surface area (Å²) in [7, 11) is 3.22. The second kappa shape index (κ2) is 9.10. The van der Waals surface area contributed by atoms with E-state index in [1.165, 1.54) is 7.11 Å². The minimum absolute atomic E-state index is 0.158. The number of nitrogens with one attached hydrogen (secondary N) is 1. The topological polar surface area (TPSA) is 82.4 Å². The van der Waals surface area contributed by atoms with Gasteiger partial charge in [0.1, 0.15) is 11.9 Å². The first-order valence-electron chi connectivity index (χ1n) is 11.2. The van der Waals surface area contributed by atoms with Crippen molar-refractivity contribution in [1.29, 1.82) is 0 Å². The minimum Gasteiger partial charge on any atom is -0.468 e. The molecule has 0 bridgehead atoms. The van der Waals surface area contributed by atoms with Gasteiger partial charge in [0.05, 0.1) is 18.7 Å². The fourth-order valence-corrected chi connectivity index (χ4v) is 3.94. The highest BCUT2D eigenvalue weighted by atomic mass is 16.6. The number of hydrogen-bond acceptors (Lipinski definition) is 5. The maximum atomic E-state index is 12.2. The Labute approximate surface area is 193 Å². The summed E-state index contributed by atoms with van der Waals surface area (Å²) in [6, 6.07) is 16.2. The summed E-state index contributed by atoms with van der Waals surface area (Å²) in [6.45, 7) is 3.82. The van der Waals surface area contributed by atoms with Crippen molar-refractivity contribution < 1.29 is 19.1 Å². The van der Waals surface area contributed by atoms with E-state index in [0.29, 0.717) is 5.82 Å². The summed E-state index contributed by atoms with van der Waals surface area (Å²) < 4.78 is 11.9. The van der Waals surface area contributed by atoms with Gasteiger partial charge < -0.3 is 9.47 Å². The third-order valence-electron chi connectivity index (χ3n) is 6.34. The lowest BCUT2D eigenvalue weighted by Gasteiger charge is -2.14. The molecule has 1 atom stereocenters. The molecule has 1 aliphatic rings. The fraction of sp³-hybridized carbons (Fsp3) is 0.346. The molecule has 1 saturated carbocycles. The Bertz CT molecular complexity index is 1150. The van der Waals surface area contributed by atoms with Crippen LogP contribution in [0.1, 0.15) is 38.7 Å². The Hall–Kier alpha value is -3.61. The zero-order valence-corrected chi connectivity index (χ0v) is 19.4. The van der Waals surface area contributed by atoms with Gasteiger partial charge in [-0.15, -0.1) is 0 Å². The van der Waals surface area contributed by atoms with Crippen LogP contribution < -0.4 is 5.32 Å². The number of nitrogens with zero attached hydrogens (tertiary/aromatic N) is 2. The minimum atomic E-state index is -0.494. The predicted molar refractivity (Wildman–Crippen MR) is 127 cm³/mol. The van der Waals surface area contributed by atoms with Crippen molar-refractivity contribution in [2.24, 2.45) is 7.05 Å². The monoisotopic (exact) mass is 447 g/mol. The van der Waals surface area contributed by atoms with Gasteiger partial charge in [-0.2, -0.15) is 5.10 Å². The quantitative estimate of drug-likeness (QED) is 0.497. The molecule has 0 radical (unpaired) electrons. The lowest BCUT2D eigenvalue weighted by Crippen LogP contribution is -2.21. The first-order chi connectivity index (χ1) is 15.9. The molecule has 1 unspecified atom stereocenters. The molecule has 3 aromatic rings. The summed E-state index contributed by atoms with van der Waals surface area (Å²) >= 11 is 0. The molecule has 172 valence electrons. The van der Waals surface area contributed by atoms with Gasteiger partial charge in [0, 0.05) is 12.6 Å². The van der Waals surface area contributed by atoms with Gasteiger partial charge in [0.2, 0.25) is 0 Å². The van der Waals surface area contributed by atoms with Crippen LogP contribution in [0, 0.1) is 0 Å². The van der Waals surface area contributed by atoms with Crippen LogP contribution in [-0.4, -0.2) is 35.1 Å². The number of aryl methyl sites for hydroxylation is 1. The summed E-state index contributed by atoms with van der Waals surface area (Å²) in [5.74, 6) is 0.423. The number of carbonyl (C=O) groups is 2. The number of hydrogen-bond donors (Lipinski definition) is 1. The van der Waals surface area contributed by atoms with Gasteiger partial charge in [-0.3, -0.25) is 14.8 Å². The maximum absolute atomic E-state index is 12.2. The molecule has 7 heteroatoms. The van der Waals surface area contributed by atoms with Gasteiger partial charge in [-0.1, -0.05) is 55.5 Å². The second-order valence-electron chi connectivity index (χ2n) is 8.51. The van der Waals surface area contributed by atoms with Crippen LogP contribution in [0.5, 0.6) is 0 Å². The maximum Gasteiger partial charge on any atom is 0.413 e. The number of carbonyl (C=O) groups excluding carboxylic acids is 2. The van der Waals surface area contributed by atoms with Crippen LogP contribution >= 0.6 is 0 Å². The van der Waals surface area contributed by atoms with Gasteiger partial charge in [-0.05, 0) is 48.4 Å². The third-order valence-corrected chi connectivity index (χ3v) is 6.34. The Balaban J connectivity index is 1.52. The highest BCUT2D eigenvalue weighted by molar-refractivity contribution is 5.90. The van der Waals surface area contributed by atoms with E-state index in [1.807, 2.05) is 62.4 Å². The molecule has 1 amide bonds. The number of rotatable bonds is 7. The molecule has 0 spiro atoms. The van der Waals surface area contributed by atoms with E-state index >= 15 is 0 Å². The van der Waals surface area contributed by atoms with Crippen molar-refractivity contribution in [2.45, 2.75) is 44.6 Å². The van der Waals surface area contributed by atoms with E-state index < -0.39 is 11.5 Å². The van der Waals surface area contributed by atoms with Gasteiger partial charge in [-0.25, -0.2) is 4.79 Å². The van der Waals surface area contributed by atoms with Crippen molar-refractivity contribution in [1.82, 2.24) is 9.78 Å². The molecular weight excluding hydrogens is 418 g/mol. The molecule has 1 fully saturated rings. The first kappa shape index (κ1) is 22.6. The number of esters is 1. The van der Waals surface area contributed by atoms with Crippen LogP contribution in [0.2, 0.25) is 0 Å². The number of amides is 1. The Kier molecular flexibility index (Phi) is 6.22. The van der Waals surface area contributed by atoms with Gasteiger partial charge >= 0.3 is 12.1 Å². The molecule has 1 aliphatic carbocycles. The number of benzene rings is 2. The van der Waals surface area contributed by atoms with Gasteiger partial charge in [0.15, 0.2) is 0 Å². The smallest absolute Gasteiger partial charge is 0.413 e. The van der Waals surface area contributed by atoms with Crippen molar-refractivity contribution >= 4 is 17.9 Å². The van der Waals surface area contributed by atoms with E-state index in [1.54, 1.807) is 17.9 Å². The van der Waals surface area contributed by atoms with Crippen molar-refractivity contribution in [3.8, 4) is 22.3 Å². The van der Waals surface area contributed by atoms with E-state index in [4.69, 9.17) is 9.47 Å². The second-order valence-corrected chi connectivity index (χ2v) is 8.51. The number of methoxy groups -OCH3 is 1. The van der Waals surface area contributed by atoms with Gasteiger partial charge in [0.25, 0.3) is 0 Å².